The number of H-pyrrole nitrogens is 1. The molecule has 0 saturated carbocycles. The molecule has 4 fully saturated rings. The van der Waals surface area contributed by atoms with Gasteiger partial charge in [0, 0.05) is 43.2 Å². The molecule has 11 nitrogen and oxygen atoms in total. The lowest BCUT2D eigenvalue weighted by Crippen LogP contribution is -2.55. The van der Waals surface area contributed by atoms with E-state index >= 15 is 0 Å². The van der Waals surface area contributed by atoms with Crippen molar-refractivity contribution in [2.45, 2.75) is 62.6 Å². The number of nitrogens with zero attached hydrogens (tertiary/aromatic N) is 2. The lowest BCUT2D eigenvalue weighted by atomic mass is 9.72. The van der Waals surface area contributed by atoms with Gasteiger partial charge in [-0.2, -0.15) is 0 Å². The zero-order valence-electron chi connectivity index (χ0n) is 30.2. The van der Waals surface area contributed by atoms with Gasteiger partial charge < -0.3 is 34.9 Å². The van der Waals surface area contributed by atoms with Crippen LogP contribution in [-0.4, -0.2) is 95.4 Å². The molecule has 280 valence electrons. The van der Waals surface area contributed by atoms with Crippen LogP contribution >= 0.6 is 0 Å². The van der Waals surface area contributed by atoms with Crippen LogP contribution in [0.25, 0.3) is 10.9 Å². The Kier molecular flexibility index (Phi) is 11.4. The summed E-state index contributed by atoms with van der Waals surface area (Å²) in [6.45, 7) is 5.49. The molecule has 1 amide bonds. The van der Waals surface area contributed by atoms with Crippen molar-refractivity contribution in [1.29, 1.82) is 0 Å². The number of unbranched alkanes of at least 4 members (excludes halogenated alkanes) is 2. The molecular weight excluding hydrogens is 672 g/mol. The maximum Gasteiger partial charge on any atom is 0.317 e. The van der Waals surface area contributed by atoms with Gasteiger partial charge in [0.1, 0.15) is 17.6 Å². The lowest BCUT2D eigenvalue weighted by Gasteiger charge is -2.46. The molecule has 0 unspecified atom stereocenters. The molecule has 2 bridgehead atoms. The zero-order valence-corrected chi connectivity index (χ0v) is 30.2. The molecule has 4 N–H and O–H groups in total. The number of piperidine rings is 4. The Morgan fingerprint density at radius 1 is 0.925 bits per heavy atom. The SMILES string of the molecule is O=C(c1cccc(OCCCCCNC[C@H](O)c2ccc(O)c3[nH]c(=O)ccc23)c1)N1CCC(C(=O)O[C@H]2CN3CCC2CC3)(c2ccccc2)CC1. The van der Waals surface area contributed by atoms with Crippen LogP contribution in [0.1, 0.15) is 72.5 Å². The third-order valence-corrected chi connectivity index (χ3v) is 11.4. The van der Waals surface area contributed by atoms with E-state index < -0.39 is 11.5 Å². The van der Waals surface area contributed by atoms with Crippen LogP contribution in [0, 0.1) is 5.92 Å². The molecule has 4 aliphatic rings. The molecule has 0 spiro atoms. The van der Waals surface area contributed by atoms with Crippen LogP contribution in [0.2, 0.25) is 0 Å². The van der Waals surface area contributed by atoms with Crippen molar-refractivity contribution in [3.63, 3.8) is 0 Å². The second kappa shape index (κ2) is 16.5. The molecule has 8 rings (SSSR count). The number of carbonyl (C=O) groups excluding carboxylic acids is 2. The normalized spacial score (nSPS) is 21.3. The lowest BCUT2D eigenvalue weighted by molar-refractivity contribution is -0.167. The Balaban J connectivity index is 0.855. The van der Waals surface area contributed by atoms with E-state index in [0.717, 1.165) is 57.3 Å². The number of hydrogen-bond acceptors (Lipinski definition) is 9. The summed E-state index contributed by atoms with van der Waals surface area (Å²) in [7, 11) is 0. The van der Waals surface area contributed by atoms with Gasteiger partial charge in [0.15, 0.2) is 0 Å². The maximum absolute atomic E-state index is 14.0. The number of pyridine rings is 1. The number of phenols is 1. The number of nitrogens with one attached hydrogen (secondary N) is 2. The van der Waals surface area contributed by atoms with Gasteiger partial charge in [-0.05, 0) is 112 Å². The first kappa shape index (κ1) is 36.6. The molecule has 4 saturated heterocycles. The van der Waals surface area contributed by atoms with E-state index in [1.54, 1.807) is 18.2 Å². The van der Waals surface area contributed by atoms with Gasteiger partial charge in [-0.1, -0.05) is 42.5 Å². The van der Waals surface area contributed by atoms with Gasteiger partial charge in [0.05, 0.1) is 23.6 Å². The van der Waals surface area contributed by atoms with Gasteiger partial charge in [-0.3, -0.25) is 19.3 Å². The smallest absolute Gasteiger partial charge is 0.317 e. The Labute approximate surface area is 309 Å². The molecule has 0 aliphatic carbocycles. The summed E-state index contributed by atoms with van der Waals surface area (Å²) in [6, 6.07) is 23.4. The number of amides is 1. The second-order valence-corrected chi connectivity index (χ2v) is 14.8. The minimum Gasteiger partial charge on any atom is -0.506 e. The van der Waals surface area contributed by atoms with Crippen LogP contribution in [0.15, 0.2) is 83.7 Å². The van der Waals surface area contributed by atoms with Crippen LogP contribution < -0.4 is 15.6 Å². The summed E-state index contributed by atoms with van der Waals surface area (Å²) >= 11 is 0. The highest BCUT2D eigenvalue weighted by Crippen LogP contribution is 2.39. The largest absolute Gasteiger partial charge is 0.506 e. The van der Waals surface area contributed by atoms with Crippen molar-refractivity contribution in [2.75, 3.05) is 52.4 Å². The molecule has 11 heteroatoms. The van der Waals surface area contributed by atoms with E-state index in [1.165, 1.54) is 12.1 Å². The third kappa shape index (κ3) is 8.27. The van der Waals surface area contributed by atoms with E-state index in [4.69, 9.17) is 9.47 Å². The summed E-state index contributed by atoms with van der Waals surface area (Å²) < 4.78 is 12.3. The Hall–Kier alpha value is -4.71. The number of aliphatic hydroxyl groups is 1. The molecule has 0 radical (unpaired) electrons. The number of phenolic OH excluding ortho intramolecular Hbond substituents is 1. The van der Waals surface area contributed by atoms with Crippen molar-refractivity contribution in [3.05, 3.63) is 106 Å². The summed E-state index contributed by atoms with van der Waals surface area (Å²) in [4.78, 5) is 46.2. The zero-order chi connectivity index (χ0) is 36.8. The average molecular weight is 723 g/mol. The molecule has 1 aromatic heterocycles. The summed E-state index contributed by atoms with van der Waals surface area (Å²) in [5.74, 6) is 0.835. The van der Waals surface area contributed by atoms with Crippen LogP contribution in [0.4, 0.5) is 0 Å². The van der Waals surface area contributed by atoms with Gasteiger partial charge in [0.2, 0.25) is 5.56 Å². The van der Waals surface area contributed by atoms with Crippen LogP contribution in [-0.2, 0) is 14.9 Å². The molecule has 5 heterocycles. The first-order valence-corrected chi connectivity index (χ1v) is 19.1. The third-order valence-electron chi connectivity index (χ3n) is 11.4. The number of benzene rings is 3. The van der Waals surface area contributed by atoms with Gasteiger partial charge >= 0.3 is 5.97 Å². The van der Waals surface area contributed by atoms with Crippen molar-refractivity contribution >= 4 is 22.8 Å². The highest BCUT2D eigenvalue weighted by atomic mass is 16.5. The molecule has 2 atom stereocenters. The minimum absolute atomic E-state index is 0.0334. The minimum atomic E-state index is -0.796. The Morgan fingerprint density at radius 3 is 2.47 bits per heavy atom. The number of aromatic amines is 1. The molecular formula is C42H50N4O7. The molecule has 53 heavy (non-hydrogen) atoms. The number of rotatable bonds is 14. The summed E-state index contributed by atoms with van der Waals surface area (Å²) in [5, 5.41) is 24.7. The topological polar surface area (TPSA) is 144 Å². The number of hydrogen-bond donors (Lipinski definition) is 4. The number of fused-ring (bicyclic) bond motifs is 4. The van der Waals surface area contributed by atoms with Gasteiger partial charge in [-0.25, -0.2) is 0 Å². The van der Waals surface area contributed by atoms with Crippen molar-refractivity contribution in [1.82, 2.24) is 20.1 Å². The van der Waals surface area contributed by atoms with E-state index in [-0.39, 0.29) is 29.3 Å². The first-order valence-electron chi connectivity index (χ1n) is 19.1. The van der Waals surface area contributed by atoms with Crippen molar-refractivity contribution in [2.24, 2.45) is 5.92 Å². The summed E-state index contributed by atoms with van der Waals surface area (Å²) in [5.41, 5.74) is 1.40. The second-order valence-electron chi connectivity index (χ2n) is 14.8. The highest BCUT2D eigenvalue weighted by Gasteiger charge is 2.47. The number of aromatic nitrogens is 1. The maximum atomic E-state index is 14.0. The first-order chi connectivity index (χ1) is 25.8. The fourth-order valence-corrected chi connectivity index (χ4v) is 8.27. The number of carbonyl (C=O) groups is 2. The number of esters is 1. The monoisotopic (exact) mass is 722 g/mol. The van der Waals surface area contributed by atoms with Gasteiger partial charge in [0.25, 0.3) is 5.91 Å². The standard InChI is InChI=1S/C42H50N4O7/c47-35-14-12-33(34-13-15-38(49)44-39(34)35)36(48)27-43-20-5-2-6-25-52-32-11-7-8-30(26-32)40(50)46-23-18-42(19-24-46,31-9-3-1-4-10-31)41(51)53-37-28-45-21-16-29(37)17-22-45/h1,3-4,7-15,26,29,36-37,43,47-48H,2,5-6,16-25,27-28H2,(H,44,49)/t36-,37-/m0/s1. The summed E-state index contributed by atoms with van der Waals surface area (Å²) in [6.07, 6.45) is 4.99. The average Bonchev–Trinajstić information content (AvgIpc) is 3.19. The Bertz CT molecular complexity index is 1930. The Morgan fingerprint density at radius 2 is 1.72 bits per heavy atom. The number of likely N-dealkylation sites (tertiary alicyclic amines) is 1. The predicted molar refractivity (Wildman–Crippen MR) is 202 cm³/mol. The number of aromatic hydroxyl groups is 1. The molecule has 4 aliphatic heterocycles. The fraction of sp³-hybridized carbons (Fsp3) is 0.452. The predicted octanol–water partition coefficient (Wildman–Crippen LogP) is 4.92. The van der Waals surface area contributed by atoms with E-state index in [9.17, 15) is 24.6 Å². The van der Waals surface area contributed by atoms with E-state index in [2.05, 4.69) is 15.2 Å². The molecule has 3 aromatic carbocycles. The van der Waals surface area contributed by atoms with Crippen LogP contribution in [0.3, 0.4) is 0 Å². The van der Waals surface area contributed by atoms with Crippen molar-refractivity contribution < 1.29 is 29.3 Å². The molecule has 4 aromatic rings. The van der Waals surface area contributed by atoms with Gasteiger partial charge in [-0.15, -0.1) is 0 Å². The van der Waals surface area contributed by atoms with Crippen molar-refractivity contribution in [3.8, 4) is 11.5 Å². The highest BCUT2D eigenvalue weighted by molar-refractivity contribution is 5.95. The fourth-order valence-electron chi connectivity index (χ4n) is 8.27. The van der Waals surface area contributed by atoms with Crippen LogP contribution in [0.5, 0.6) is 11.5 Å². The quantitative estimate of drug-likeness (QED) is 0.105. The number of aliphatic hydroxyl groups excluding tert-OH is 1. The van der Waals surface area contributed by atoms with E-state index in [0.29, 0.717) is 79.3 Å². The van der Waals surface area contributed by atoms with E-state index in [1.807, 2.05) is 53.4 Å². The number of ether oxygens (including phenoxy) is 2.